The van der Waals surface area contributed by atoms with Crippen molar-refractivity contribution in [3.63, 3.8) is 0 Å². The van der Waals surface area contributed by atoms with E-state index in [-0.39, 0.29) is 6.79 Å². The second-order valence-electron chi connectivity index (χ2n) is 7.85. The van der Waals surface area contributed by atoms with Crippen molar-refractivity contribution >= 4 is 0 Å². The summed E-state index contributed by atoms with van der Waals surface area (Å²) in [6, 6.07) is 16.8. The van der Waals surface area contributed by atoms with Crippen molar-refractivity contribution in [3.8, 4) is 63.8 Å². The second-order valence-corrected chi connectivity index (χ2v) is 7.85. The topological polar surface area (TPSA) is 71.9 Å². The molecule has 7 nitrogen and oxygen atoms in total. The third kappa shape index (κ3) is 5.27. The minimum Gasteiger partial charge on any atom is -0.493 e. The van der Waals surface area contributed by atoms with E-state index in [9.17, 15) is 0 Å². The van der Waals surface area contributed by atoms with Crippen LogP contribution in [-0.2, 0) is 0 Å². The zero-order valence-electron chi connectivity index (χ0n) is 20.5. The van der Waals surface area contributed by atoms with Gasteiger partial charge in [-0.2, -0.15) is 0 Å². The van der Waals surface area contributed by atoms with E-state index in [1.807, 2.05) is 42.5 Å². The van der Waals surface area contributed by atoms with E-state index in [0.717, 1.165) is 39.4 Å². The molecule has 0 saturated heterocycles. The van der Waals surface area contributed by atoms with Gasteiger partial charge in [-0.15, -0.1) is 0 Å². The van der Waals surface area contributed by atoms with Gasteiger partial charge >= 0.3 is 0 Å². The minimum atomic E-state index is 0.242. The number of pyridine rings is 2. The molecule has 0 unspecified atom stereocenters. The molecule has 0 N–H and O–H groups in total. The van der Waals surface area contributed by atoms with Gasteiger partial charge in [-0.3, -0.25) is 9.97 Å². The first kappa shape index (κ1) is 23.6. The van der Waals surface area contributed by atoms with Crippen molar-refractivity contribution in [2.75, 3.05) is 28.1 Å². The molecule has 0 spiro atoms. The SMILES string of the molecule is COc1cc(C#Cc2ccc(-c3ccc(C#Cc4ccc5c(c4)OCO5)cn3)nc2)cc(OC)c1OC. The van der Waals surface area contributed by atoms with Gasteiger partial charge in [0, 0.05) is 34.6 Å². The Morgan fingerprint density at radius 2 is 1.14 bits per heavy atom. The van der Waals surface area contributed by atoms with E-state index in [2.05, 4.69) is 33.6 Å². The van der Waals surface area contributed by atoms with Crippen LogP contribution < -0.4 is 23.7 Å². The third-order valence-corrected chi connectivity index (χ3v) is 5.53. The normalized spacial score (nSPS) is 11.0. The number of ether oxygens (including phenoxy) is 5. The Labute approximate surface area is 215 Å². The number of hydrogen-bond donors (Lipinski definition) is 0. The van der Waals surface area contributed by atoms with Crippen LogP contribution in [0.4, 0.5) is 0 Å². The molecule has 0 aliphatic carbocycles. The molecule has 4 aromatic rings. The van der Waals surface area contributed by atoms with Crippen LogP contribution in [0.2, 0.25) is 0 Å². The summed E-state index contributed by atoms with van der Waals surface area (Å²) in [4.78, 5) is 9.03. The summed E-state index contributed by atoms with van der Waals surface area (Å²) in [6.07, 6.45) is 3.45. The molecule has 5 rings (SSSR count). The molecule has 2 aromatic carbocycles. The number of nitrogens with zero attached hydrogens (tertiary/aromatic N) is 2. The fourth-order valence-electron chi connectivity index (χ4n) is 3.65. The van der Waals surface area contributed by atoms with Crippen molar-refractivity contribution in [3.05, 3.63) is 89.2 Å². The van der Waals surface area contributed by atoms with E-state index in [1.165, 1.54) is 0 Å². The molecule has 182 valence electrons. The molecule has 0 bridgehead atoms. The lowest BCUT2D eigenvalue weighted by Crippen LogP contribution is -1.95. The summed E-state index contributed by atoms with van der Waals surface area (Å²) in [5.74, 6) is 15.6. The standard InChI is InChI=1S/C30H22N2O5/c1-33-28-15-23(16-29(34-2)30(28)35-3)7-6-22-9-12-25(32-18-22)24-11-8-21(17-31-24)5-4-20-10-13-26-27(14-20)37-19-36-26/h8-18H,19H2,1-3H3. The first-order valence-electron chi connectivity index (χ1n) is 11.3. The van der Waals surface area contributed by atoms with Gasteiger partial charge in [0.05, 0.1) is 32.7 Å². The van der Waals surface area contributed by atoms with E-state index >= 15 is 0 Å². The smallest absolute Gasteiger partial charge is 0.231 e. The highest BCUT2D eigenvalue weighted by atomic mass is 16.7. The predicted octanol–water partition coefficient (Wildman–Crippen LogP) is 4.70. The molecule has 0 radical (unpaired) electrons. The first-order chi connectivity index (χ1) is 18.2. The largest absolute Gasteiger partial charge is 0.493 e. The molecule has 0 fully saturated rings. The molecule has 3 heterocycles. The zero-order valence-corrected chi connectivity index (χ0v) is 20.5. The number of methoxy groups -OCH3 is 3. The summed E-state index contributed by atoms with van der Waals surface area (Å²) in [5.41, 5.74) is 4.64. The summed E-state index contributed by atoms with van der Waals surface area (Å²) in [6.45, 7) is 0.242. The third-order valence-electron chi connectivity index (χ3n) is 5.53. The minimum absolute atomic E-state index is 0.242. The Hall–Kier alpha value is -5.14. The number of aromatic nitrogens is 2. The first-order valence-corrected chi connectivity index (χ1v) is 11.3. The van der Waals surface area contributed by atoms with E-state index in [4.69, 9.17) is 23.7 Å². The van der Waals surface area contributed by atoms with Crippen molar-refractivity contribution < 1.29 is 23.7 Å². The maximum absolute atomic E-state index is 5.40. The number of fused-ring (bicyclic) bond motifs is 1. The Balaban J connectivity index is 1.29. The molecular weight excluding hydrogens is 468 g/mol. The number of benzene rings is 2. The summed E-state index contributed by atoms with van der Waals surface area (Å²) >= 11 is 0. The molecule has 2 aromatic heterocycles. The fourth-order valence-corrected chi connectivity index (χ4v) is 3.65. The lowest BCUT2D eigenvalue weighted by molar-refractivity contribution is 0.174. The fraction of sp³-hybridized carbons (Fsp3) is 0.133. The highest BCUT2D eigenvalue weighted by Crippen LogP contribution is 2.38. The van der Waals surface area contributed by atoms with E-state index < -0.39 is 0 Å². The Bertz CT molecular complexity index is 1530. The Morgan fingerprint density at radius 3 is 1.68 bits per heavy atom. The lowest BCUT2D eigenvalue weighted by Gasteiger charge is -2.12. The highest BCUT2D eigenvalue weighted by Gasteiger charge is 2.13. The van der Waals surface area contributed by atoms with Gasteiger partial charge in [-0.25, -0.2) is 0 Å². The number of hydrogen-bond acceptors (Lipinski definition) is 7. The van der Waals surface area contributed by atoms with Crippen LogP contribution >= 0.6 is 0 Å². The highest BCUT2D eigenvalue weighted by molar-refractivity contribution is 5.59. The summed E-state index contributed by atoms with van der Waals surface area (Å²) in [7, 11) is 4.71. The van der Waals surface area contributed by atoms with Gasteiger partial charge in [0.15, 0.2) is 23.0 Å². The molecule has 0 atom stereocenters. The van der Waals surface area contributed by atoms with E-state index in [0.29, 0.717) is 23.0 Å². The predicted molar refractivity (Wildman–Crippen MR) is 138 cm³/mol. The summed E-state index contributed by atoms with van der Waals surface area (Å²) < 4.78 is 26.9. The monoisotopic (exact) mass is 490 g/mol. The molecule has 7 heteroatoms. The Kier molecular flexibility index (Phi) is 6.78. The van der Waals surface area contributed by atoms with Gasteiger partial charge in [-0.05, 0) is 54.6 Å². The van der Waals surface area contributed by atoms with Crippen molar-refractivity contribution in [2.24, 2.45) is 0 Å². The Morgan fingerprint density at radius 1 is 0.595 bits per heavy atom. The maximum atomic E-state index is 5.40. The summed E-state index contributed by atoms with van der Waals surface area (Å²) in [5, 5.41) is 0. The quantitative estimate of drug-likeness (QED) is 0.384. The van der Waals surface area contributed by atoms with Crippen LogP contribution in [0.3, 0.4) is 0 Å². The van der Waals surface area contributed by atoms with Gasteiger partial charge in [-0.1, -0.05) is 23.7 Å². The average Bonchev–Trinajstić information content (AvgIpc) is 3.43. The average molecular weight is 491 g/mol. The maximum Gasteiger partial charge on any atom is 0.231 e. The zero-order chi connectivity index (χ0) is 25.6. The molecule has 0 saturated carbocycles. The van der Waals surface area contributed by atoms with Crippen molar-refractivity contribution in [2.45, 2.75) is 0 Å². The van der Waals surface area contributed by atoms with Crippen LogP contribution in [0.25, 0.3) is 11.4 Å². The molecule has 0 amide bonds. The van der Waals surface area contributed by atoms with Crippen molar-refractivity contribution in [1.29, 1.82) is 0 Å². The van der Waals surface area contributed by atoms with Crippen LogP contribution in [0.1, 0.15) is 22.3 Å². The second kappa shape index (κ2) is 10.6. The lowest BCUT2D eigenvalue weighted by atomic mass is 10.1. The van der Waals surface area contributed by atoms with Crippen molar-refractivity contribution in [1.82, 2.24) is 9.97 Å². The molecular formula is C30H22N2O5. The van der Waals surface area contributed by atoms with Crippen LogP contribution in [0.5, 0.6) is 28.7 Å². The van der Waals surface area contributed by atoms with Crippen LogP contribution in [0, 0.1) is 23.7 Å². The molecule has 37 heavy (non-hydrogen) atoms. The van der Waals surface area contributed by atoms with Gasteiger partial charge < -0.3 is 23.7 Å². The van der Waals surface area contributed by atoms with E-state index in [1.54, 1.807) is 45.9 Å². The van der Waals surface area contributed by atoms with Gasteiger partial charge in [0.2, 0.25) is 12.5 Å². The van der Waals surface area contributed by atoms with Gasteiger partial charge in [0.1, 0.15) is 0 Å². The molecule has 1 aliphatic rings. The molecule has 1 aliphatic heterocycles. The van der Waals surface area contributed by atoms with Gasteiger partial charge in [0.25, 0.3) is 0 Å². The number of rotatable bonds is 4. The van der Waals surface area contributed by atoms with Crippen LogP contribution in [0.15, 0.2) is 67.0 Å². The van der Waals surface area contributed by atoms with Crippen LogP contribution in [-0.4, -0.2) is 38.1 Å².